The lowest BCUT2D eigenvalue weighted by Gasteiger charge is -2.25. The predicted molar refractivity (Wildman–Crippen MR) is 200 cm³/mol. The van der Waals surface area contributed by atoms with Gasteiger partial charge >= 0.3 is 0 Å². The number of benzene rings is 7. The van der Waals surface area contributed by atoms with Crippen molar-refractivity contribution < 1.29 is 0 Å². The number of rotatable bonds is 6. The van der Waals surface area contributed by atoms with Gasteiger partial charge in [-0.25, -0.2) is 4.98 Å². The van der Waals surface area contributed by atoms with E-state index in [1.165, 1.54) is 37.6 Å². The molecule has 0 aliphatic carbocycles. The molecule has 0 spiro atoms. The van der Waals surface area contributed by atoms with Gasteiger partial charge in [0, 0.05) is 39.1 Å². The molecule has 3 nitrogen and oxygen atoms in total. The van der Waals surface area contributed by atoms with Crippen LogP contribution in [0.25, 0.3) is 59.4 Å². The van der Waals surface area contributed by atoms with Crippen molar-refractivity contribution in [1.29, 1.82) is 0 Å². The zero-order valence-corrected chi connectivity index (χ0v) is 26.3. The third-order valence-electron chi connectivity index (χ3n) is 8.81. The average Bonchev–Trinajstić information content (AvgIpc) is 3.72. The first-order valence-electron chi connectivity index (χ1n) is 15.8. The molecule has 9 rings (SSSR count). The molecule has 4 heteroatoms. The van der Waals surface area contributed by atoms with Crippen molar-refractivity contribution in [2.45, 2.75) is 0 Å². The summed E-state index contributed by atoms with van der Waals surface area (Å²) in [6, 6.07) is 62.6. The zero-order chi connectivity index (χ0) is 31.2. The Kier molecular flexibility index (Phi) is 6.65. The Hall–Kier alpha value is -5.97. The van der Waals surface area contributed by atoms with Gasteiger partial charge in [0.05, 0.1) is 21.3 Å². The molecule has 0 N–H and O–H groups in total. The van der Waals surface area contributed by atoms with Crippen LogP contribution in [0.15, 0.2) is 176 Å². The van der Waals surface area contributed by atoms with Gasteiger partial charge in [-0.15, -0.1) is 11.3 Å². The van der Waals surface area contributed by atoms with Crippen LogP contribution in [0.4, 0.5) is 17.1 Å². The van der Waals surface area contributed by atoms with Crippen LogP contribution in [-0.2, 0) is 0 Å². The van der Waals surface area contributed by atoms with Gasteiger partial charge in [0.2, 0.25) is 0 Å². The fourth-order valence-corrected chi connectivity index (χ4v) is 7.60. The maximum atomic E-state index is 4.89. The largest absolute Gasteiger partial charge is 0.310 e. The molecule has 0 saturated heterocycles. The summed E-state index contributed by atoms with van der Waals surface area (Å²) >= 11 is 1.74. The Bertz CT molecular complexity index is 2460. The molecule has 0 atom stereocenters. The molecule has 0 fully saturated rings. The summed E-state index contributed by atoms with van der Waals surface area (Å²) in [6.45, 7) is 0. The lowest BCUT2D eigenvalue weighted by Crippen LogP contribution is -2.09. The molecule has 0 aliphatic heterocycles. The van der Waals surface area contributed by atoms with E-state index in [1.54, 1.807) is 11.3 Å². The number of thiazole rings is 1. The smallest absolute Gasteiger partial charge is 0.124 e. The molecule has 2 aromatic heterocycles. The number of para-hydroxylation sites is 3. The van der Waals surface area contributed by atoms with Crippen LogP contribution in [0.5, 0.6) is 0 Å². The van der Waals surface area contributed by atoms with Crippen LogP contribution in [0.3, 0.4) is 0 Å². The Balaban J connectivity index is 1.12. The van der Waals surface area contributed by atoms with Crippen molar-refractivity contribution in [3.8, 4) is 27.4 Å². The minimum atomic E-state index is 1.04. The van der Waals surface area contributed by atoms with Gasteiger partial charge in [0.15, 0.2) is 0 Å². The van der Waals surface area contributed by atoms with Gasteiger partial charge in [0.25, 0.3) is 0 Å². The standard InChI is InChI=1S/C43H29N3S/c1-4-12-31(13-5-1)43-44-39-26-22-32(28-42(39)47-43)30-20-23-35(24-21-30)46-40-19-11-10-18-37(40)38-29-36(25-27-41(38)46)45(33-14-6-2-7-15-33)34-16-8-3-9-17-34/h1-29H. The van der Waals surface area contributed by atoms with Crippen LogP contribution in [0, 0.1) is 0 Å². The highest BCUT2D eigenvalue weighted by Crippen LogP contribution is 2.40. The van der Waals surface area contributed by atoms with Crippen LogP contribution >= 0.6 is 11.3 Å². The Morgan fingerprint density at radius 1 is 0.447 bits per heavy atom. The van der Waals surface area contributed by atoms with E-state index < -0.39 is 0 Å². The Morgan fingerprint density at radius 3 is 1.79 bits per heavy atom. The molecular weight excluding hydrogens is 591 g/mol. The summed E-state index contributed by atoms with van der Waals surface area (Å²) in [5.74, 6) is 0. The van der Waals surface area contributed by atoms with Gasteiger partial charge in [-0.3, -0.25) is 0 Å². The third kappa shape index (κ3) is 4.87. The number of fused-ring (bicyclic) bond motifs is 4. The van der Waals surface area contributed by atoms with Crippen molar-refractivity contribution in [2.75, 3.05) is 4.90 Å². The quantitative estimate of drug-likeness (QED) is 0.185. The zero-order valence-electron chi connectivity index (χ0n) is 25.5. The first-order valence-corrected chi connectivity index (χ1v) is 16.6. The lowest BCUT2D eigenvalue weighted by molar-refractivity contribution is 1.18. The highest BCUT2D eigenvalue weighted by molar-refractivity contribution is 7.21. The first kappa shape index (κ1) is 27.3. The molecule has 7 aromatic carbocycles. The molecule has 0 saturated carbocycles. The summed E-state index contributed by atoms with van der Waals surface area (Å²) in [4.78, 5) is 7.21. The SMILES string of the molecule is c1ccc(-c2nc3ccc(-c4ccc(-n5c6ccccc6c6cc(N(c7ccccc7)c7ccccc7)ccc65)cc4)cc3s2)cc1. The minimum absolute atomic E-state index is 1.04. The Morgan fingerprint density at radius 2 is 1.06 bits per heavy atom. The average molecular weight is 620 g/mol. The fourth-order valence-electron chi connectivity index (χ4n) is 6.59. The van der Waals surface area contributed by atoms with Crippen LogP contribution in [0.2, 0.25) is 0 Å². The van der Waals surface area contributed by atoms with Gasteiger partial charge in [-0.2, -0.15) is 0 Å². The van der Waals surface area contributed by atoms with Crippen LogP contribution in [0.1, 0.15) is 0 Å². The topological polar surface area (TPSA) is 21.1 Å². The highest BCUT2D eigenvalue weighted by atomic mass is 32.1. The van der Waals surface area contributed by atoms with Crippen molar-refractivity contribution in [1.82, 2.24) is 9.55 Å². The van der Waals surface area contributed by atoms with E-state index in [0.717, 1.165) is 38.8 Å². The normalized spacial score (nSPS) is 11.4. The van der Waals surface area contributed by atoms with E-state index in [9.17, 15) is 0 Å². The number of nitrogens with zero attached hydrogens (tertiary/aromatic N) is 3. The second kappa shape index (κ2) is 11.4. The van der Waals surface area contributed by atoms with Crippen LogP contribution in [-0.4, -0.2) is 9.55 Å². The predicted octanol–water partition coefficient (Wildman–Crippen LogP) is 12.2. The van der Waals surface area contributed by atoms with E-state index in [1.807, 2.05) is 6.07 Å². The lowest BCUT2D eigenvalue weighted by atomic mass is 10.1. The molecule has 0 radical (unpaired) electrons. The van der Waals surface area contributed by atoms with Gasteiger partial charge in [-0.1, -0.05) is 103 Å². The number of aromatic nitrogens is 2. The Labute approximate surface area is 277 Å². The summed E-state index contributed by atoms with van der Waals surface area (Å²) in [7, 11) is 0. The highest BCUT2D eigenvalue weighted by Gasteiger charge is 2.17. The molecule has 0 aliphatic rings. The number of hydrogen-bond donors (Lipinski definition) is 0. The molecule has 47 heavy (non-hydrogen) atoms. The van der Waals surface area contributed by atoms with E-state index in [-0.39, 0.29) is 0 Å². The molecule has 2 heterocycles. The van der Waals surface area contributed by atoms with Crippen molar-refractivity contribution in [3.63, 3.8) is 0 Å². The molecule has 0 unspecified atom stereocenters. The van der Waals surface area contributed by atoms with Gasteiger partial charge < -0.3 is 9.47 Å². The van der Waals surface area contributed by atoms with Crippen molar-refractivity contribution in [3.05, 3.63) is 176 Å². The van der Waals surface area contributed by atoms with E-state index >= 15 is 0 Å². The second-order valence-electron chi connectivity index (χ2n) is 11.7. The summed E-state index contributed by atoms with van der Waals surface area (Å²) in [6.07, 6.45) is 0. The van der Waals surface area contributed by atoms with E-state index in [4.69, 9.17) is 4.98 Å². The maximum Gasteiger partial charge on any atom is 0.124 e. The molecular formula is C43H29N3S. The fraction of sp³-hybridized carbons (Fsp3) is 0. The molecule has 222 valence electrons. The number of hydrogen-bond acceptors (Lipinski definition) is 3. The monoisotopic (exact) mass is 619 g/mol. The first-order chi connectivity index (χ1) is 23.3. The van der Waals surface area contributed by atoms with Gasteiger partial charge in [-0.05, 0) is 83.9 Å². The van der Waals surface area contributed by atoms with Crippen molar-refractivity contribution >= 4 is 60.4 Å². The van der Waals surface area contributed by atoms with E-state index in [0.29, 0.717) is 0 Å². The molecule has 0 bridgehead atoms. The summed E-state index contributed by atoms with van der Waals surface area (Å²) in [5.41, 5.74) is 11.5. The van der Waals surface area contributed by atoms with Crippen LogP contribution < -0.4 is 4.90 Å². The molecule has 9 aromatic rings. The number of anilines is 3. The summed E-state index contributed by atoms with van der Waals surface area (Å²) in [5, 5.41) is 3.52. The summed E-state index contributed by atoms with van der Waals surface area (Å²) < 4.78 is 3.58. The van der Waals surface area contributed by atoms with Gasteiger partial charge in [0.1, 0.15) is 5.01 Å². The third-order valence-corrected chi connectivity index (χ3v) is 9.88. The maximum absolute atomic E-state index is 4.89. The molecule has 0 amide bonds. The second-order valence-corrected chi connectivity index (χ2v) is 12.7. The van der Waals surface area contributed by atoms with E-state index in [2.05, 4.69) is 179 Å². The van der Waals surface area contributed by atoms with Crippen molar-refractivity contribution in [2.24, 2.45) is 0 Å². The minimum Gasteiger partial charge on any atom is -0.310 e.